The van der Waals surface area contributed by atoms with E-state index >= 15 is 0 Å². The molecule has 0 saturated heterocycles. The van der Waals surface area contributed by atoms with Crippen LogP contribution >= 0.6 is 0 Å². The molecule has 0 heterocycles. The fourth-order valence-corrected chi connectivity index (χ4v) is 2.10. The quantitative estimate of drug-likeness (QED) is 0.597. The monoisotopic (exact) mass is 301 g/mol. The molecule has 0 amide bonds. The standard InChI is InChI=1S/C8H7O3.CHO.Sb/c9-8(10)6-11-7-4-2-1-3-5-7;1-2;/h2-5H,6H2,(H,9,10);1H;. The molecule has 0 aliphatic carbocycles. The number of carbonyl (C=O) groups is 2. The molecule has 4 nitrogen and oxygen atoms in total. The molecule has 0 aliphatic rings. The molecular formula is C9H8O4Sb. The summed E-state index contributed by atoms with van der Waals surface area (Å²) in [6.07, 6.45) is 0. The maximum atomic E-state index is 10.2. The van der Waals surface area contributed by atoms with Gasteiger partial charge in [-0.15, -0.1) is 0 Å². The van der Waals surface area contributed by atoms with Crippen molar-refractivity contribution >= 4 is 35.3 Å². The molecule has 73 valence electrons. The van der Waals surface area contributed by atoms with Crippen LogP contribution in [-0.2, 0) is 9.59 Å². The van der Waals surface area contributed by atoms with Gasteiger partial charge in [0, 0.05) is 0 Å². The molecule has 1 aromatic carbocycles. The summed E-state index contributed by atoms with van der Waals surface area (Å²) in [6.45, 7) is -0.342. The topological polar surface area (TPSA) is 63.6 Å². The van der Waals surface area contributed by atoms with Crippen molar-refractivity contribution < 1.29 is 19.4 Å². The molecule has 0 unspecified atom stereocenters. The number of aliphatic carboxylic acids is 1. The maximum absolute atomic E-state index is 10.2. The van der Waals surface area contributed by atoms with Crippen LogP contribution in [0.3, 0.4) is 0 Å². The van der Waals surface area contributed by atoms with E-state index in [1.165, 1.54) is 0 Å². The number of hydrogen-bond donors (Lipinski definition) is 1. The second kappa shape index (κ2) is 5.65. The van der Waals surface area contributed by atoms with Crippen molar-refractivity contribution in [3.8, 4) is 5.75 Å². The Morgan fingerprint density at radius 3 is 2.57 bits per heavy atom. The molecule has 0 aliphatic heterocycles. The second-order valence-electron chi connectivity index (χ2n) is 2.41. The third kappa shape index (κ3) is 3.79. The van der Waals surface area contributed by atoms with E-state index in [0.29, 0.717) is 5.75 Å². The van der Waals surface area contributed by atoms with Gasteiger partial charge in [-0.1, -0.05) is 0 Å². The van der Waals surface area contributed by atoms with E-state index in [1.54, 1.807) is 24.3 Å². The van der Waals surface area contributed by atoms with Crippen molar-refractivity contribution in [2.24, 2.45) is 0 Å². The van der Waals surface area contributed by atoms with Crippen LogP contribution in [0, 0.1) is 0 Å². The van der Waals surface area contributed by atoms with E-state index < -0.39 is 27.6 Å². The Labute approximate surface area is 91.4 Å². The van der Waals surface area contributed by atoms with Crippen LogP contribution in [-0.4, -0.2) is 43.5 Å². The van der Waals surface area contributed by atoms with Gasteiger partial charge in [0.15, 0.2) is 0 Å². The Hall–Kier alpha value is -1.02. The molecule has 0 bridgehead atoms. The van der Waals surface area contributed by atoms with E-state index in [-0.39, 0.29) is 6.61 Å². The first-order valence-electron chi connectivity index (χ1n) is 3.81. The summed E-state index contributed by atoms with van der Waals surface area (Å²) in [7, 11) is 0. The van der Waals surface area contributed by atoms with Crippen molar-refractivity contribution in [3.63, 3.8) is 0 Å². The summed E-state index contributed by atoms with van der Waals surface area (Å²) in [5.41, 5.74) is 0. The van der Waals surface area contributed by atoms with Crippen molar-refractivity contribution in [1.82, 2.24) is 0 Å². The number of ether oxygens (including phenoxy) is 1. The van der Waals surface area contributed by atoms with Gasteiger partial charge in [-0.05, 0) is 0 Å². The Kier molecular flexibility index (Phi) is 4.47. The predicted octanol–water partition coefficient (Wildman–Crippen LogP) is -0.330. The molecule has 1 N–H and O–H groups in total. The molecule has 1 rings (SSSR count). The van der Waals surface area contributed by atoms with Crippen LogP contribution in [0.5, 0.6) is 5.75 Å². The fraction of sp³-hybridized carbons (Fsp3) is 0.111. The minimum absolute atomic E-state index is 0.342. The molecule has 0 aromatic heterocycles. The van der Waals surface area contributed by atoms with Crippen molar-refractivity contribution in [1.29, 1.82) is 0 Å². The molecule has 5 heteroatoms. The van der Waals surface area contributed by atoms with E-state index in [1.807, 2.05) is 0 Å². The average molecular weight is 302 g/mol. The average Bonchev–Trinajstić information content (AvgIpc) is 2.17. The van der Waals surface area contributed by atoms with Gasteiger partial charge in [-0.3, -0.25) is 0 Å². The van der Waals surface area contributed by atoms with E-state index in [9.17, 15) is 9.59 Å². The number of carboxylic acid groups (broad SMARTS) is 1. The summed E-state index contributed by atoms with van der Waals surface area (Å²) in [4.78, 5) is 20.4. The van der Waals surface area contributed by atoms with Gasteiger partial charge in [0.1, 0.15) is 0 Å². The molecule has 0 fully saturated rings. The summed E-state index contributed by atoms with van der Waals surface area (Å²) < 4.78 is 6.92. The van der Waals surface area contributed by atoms with Gasteiger partial charge in [-0.25, -0.2) is 0 Å². The first-order chi connectivity index (χ1) is 6.72. The second-order valence-corrected chi connectivity index (χ2v) is 5.22. The molecule has 0 atom stereocenters. The first-order valence-corrected chi connectivity index (χ1v) is 6.56. The fourth-order valence-electron chi connectivity index (χ4n) is 0.834. The van der Waals surface area contributed by atoms with Crippen molar-refractivity contribution in [2.45, 2.75) is 0 Å². The van der Waals surface area contributed by atoms with Gasteiger partial charge in [0.2, 0.25) is 0 Å². The summed E-state index contributed by atoms with van der Waals surface area (Å²) in [5.74, 6) is -0.491. The van der Waals surface area contributed by atoms with Crippen LogP contribution < -0.4 is 8.25 Å². The number of carboxylic acids is 1. The minimum atomic E-state index is -1.00. The van der Waals surface area contributed by atoms with Crippen LogP contribution in [0.2, 0.25) is 0 Å². The van der Waals surface area contributed by atoms with Gasteiger partial charge in [-0.2, -0.15) is 0 Å². The first kappa shape index (κ1) is 11.1. The number of benzene rings is 1. The Morgan fingerprint density at radius 2 is 2.07 bits per heavy atom. The van der Waals surface area contributed by atoms with Crippen LogP contribution in [0.15, 0.2) is 24.3 Å². The predicted molar refractivity (Wildman–Crippen MR) is 51.7 cm³/mol. The van der Waals surface area contributed by atoms with E-state index in [2.05, 4.69) is 0 Å². The number of carbonyl (C=O) groups excluding carboxylic acids is 1. The summed E-state index contributed by atoms with van der Waals surface area (Å²) in [6, 6.07) is 6.95. The Bertz CT molecular complexity index is 320. The number of hydrogen-bond acceptors (Lipinski definition) is 3. The molecule has 0 spiro atoms. The third-order valence-electron chi connectivity index (χ3n) is 1.40. The summed E-state index contributed by atoms with van der Waals surface area (Å²) in [5, 5.41) is 8.35. The van der Waals surface area contributed by atoms with Crippen LogP contribution in [0.1, 0.15) is 0 Å². The normalized spacial score (nSPS) is 9.43. The molecule has 1 aromatic rings. The van der Waals surface area contributed by atoms with Gasteiger partial charge in [0.25, 0.3) is 0 Å². The van der Waals surface area contributed by atoms with E-state index in [0.717, 1.165) is 7.74 Å². The summed E-state index contributed by atoms with van der Waals surface area (Å²) >= 11 is -0.892. The molecule has 14 heavy (non-hydrogen) atoms. The zero-order valence-electron chi connectivity index (χ0n) is 7.21. The molecule has 1 radical (unpaired) electrons. The van der Waals surface area contributed by atoms with Gasteiger partial charge >= 0.3 is 91.4 Å². The van der Waals surface area contributed by atoms with Crippen LogP contribution in [0.25, 0.3) is 0 Å². The van der Waals surface area contributed by atoms with Crippen molar-refractivity contribution in [3.05, 3.63) is 24.3 Å². The third-order valence-corrected chi connectivity index (χ3v) is 3.40. The zero-order valence-corrected chi connectivity index (χ0v) is 9.77. The van der Waals surface area contributed by atoms with E-state index in [4.69, 9.17) is 9.84 Å². The Balaban J connectivity index is 2.54. The van der Waals surface area contributed by atoms with Gasteiger partial charge in [0.05, 0.1) is 0 Å². The van der Waals surface area contributed by atoms with Crippen LogP contribution in [0.4, 0.5) is 0 Å². The van der Waals surface area contributed by atoms with Gasteiger partial charge < -0.3 is 0 Å². The SMILES string of the molecule is O=[CH][Sb][c]1ccc(OCC(=O)O)cc1. The molecular weight excluding hydrogens is 294 g/mol. The van der Waals surface area contributed by atoms with Crippen molar-refractivity contribution in [2.75, 3.05) is 6.61 Å². The Morgan fingerprint density at radius 1 is 1.43 bits per heavy atom. The zero-order chi connectivity index (χ0) is 10.4. The molecule has 0 saturated carbocycles. The number of rotatable bonds is 5.